The molecule has 0 spiro atoms. The maximum Gasteiger partial charge on any atom is 0.327 e. The van der Waals surface area contributed by atoms with Gasteiger partial charge in [-0.1, -0.05) is 24.3 Å². The minimum atomic E-state index is -0.832. The van der Waals surface area contributed by atoms with Crippen molar-refractivity contribution in [3.8, 4) is 11.3 Å². The van der Waals surface area contributed by atoms with Gasteiger partial charge in [-0.15, -0.1) is 0 Å². The lowest BCUT2D eigenvalue weighted by Crippen LogP contribution is -2.22. The molecule has 0 bridgehead atoms. The van der Waals surface area contributed by atoms with Crippen LogP contribution in [-0.2, 0) is 9.53 Å². The molecule has 1 atom stereocenters. The lowest BCUT2D eigenvalue weighted by molar-refractivity contribution is -0.142. The quantitative estimate of drug-likeness (QED) is 0.565. The van der Waals surface area contributed by atoms with Crippen molar-refractivity contribution >= 4 is 18.0 Å². The highest BCUT2D eigenvalue weighted by molar-refractivity contribution is 5.92. The van der Waals surface area contributed by atoms with Crippen LogP contribution in [0.1, 0.15) is 17.2 Å². The summed E-state index contributed by atoms with van der Waals surface area (Å²) in [6.45, 7) is 0. The fourth-order valence-electron chi connectivity index (χ4n) is 1.89. The van der Waals surface area contributed by atoms with Crippen molar-refractivity contribution in [2.75, 3.05) is 12.8 Å². The van der Waals surface area contributed by atoms with Crippen molar-refractivity contribution in [3.05, 3.63) is 41.7 Å². The average Bonchev–Trinajstić information content (AvgIpc) is 2.53. The van der Waals surface area contributed by atoms with Crippen LogP contribution < -0.4 is 11.5 Å². The van der Waals surface area contributed by atoms with E-state index in [0.29, 0.717) is 16.8 Å². The minimum absolute atomic E-state index is 0.241. The van der Waals surface area contributed by atoms with Crippen molar-refractivity contribution in [2.45, 2.75) is 6.04 Å². The molecule has 0 aliphatic heterocycles. The summed E-state index contributed by atoms with van der Waals surface area (Å²) in [5.74, 6) is -0.264. The lowest BCUT2D eigenvalue weighted by atomic mass is 10.0. The molecule has 2 aromatic rings. The molecule has 0 saturated heterocycles. The normalized spacial score (nSPS) is 11.7. The number of esters is 1. The number of carbonyl (C=O) groups is 1. The number of nitrogens with one attached hydrogen (secondary N) is 1. The number of hydrogen-bond acceptors (Lipinski definition) is 7. The van der Waals surface area contributed by atoms with E-state index in [0.717, 1.165) is 11.8 Å². The number of nitrogens with two attached hydrogens (primary N) is 2. The third kappa shape index (κ3) is 2.87. The maximum atomic E-state index is 11.4. The van der Waals surface area contributed by atoms with E-state index in [4.69, 9.17) is 16.9 Å². The molecule has 1 unspecified atom stereocenters. The molecule has 0 fully saturated rings. The van der Waals surface area contributed by atoms with Crippen molar-refractivity contribution in [1.82, 2.24) is 9.97 Å². The Morgan fingerprint density at radius 1 is 1.33 bits per heavy atom. The molecular formula is C14H15N5O2. The number of benzene rings is 1. The second kappa shape index (κ2) is 6.10. The van der Waals surface area contributed by atoms with Gasteiger partial charge >= 0.3 is 5.97 Å². The fourth-order valence-corrected chi connectivity index (χ4v) is 1.89. The number of rotatable bonds is 4. The molecule has 5 N–H and O–H groups in total. The van der Waals surface area contributed by atoms with Gasteiger partial charge in [0.25, 0.3) is 0 Å². The van der Waals surface area contributed by atoms with E-state index < -0.39 is 12.0 Å². The van der Waals surface area contributed by atoms with Gasteiger partial charge in [0.1, 0.15) is 18.2 Å². The van der Waals surface area contributed by atoms with Gasteiger partial charge in [-0.3, -0.25) is 4.79 Å². The Morgan fingerprint density at radius 2 is 2.00 bits per heavy atom. The van der Waals surface area contributed by atoms with E-state index >= 15 is 0 Å². The zero-order valence-electron chi connectivity index (χ0n) is 11.4. The smallest absolute Gasteiger partial charge is 0.327 e. The molecule has 1 aromatic heterocycles. The Labute approximate surface area is 121 Å². The summed E-state index contributed by atoms with van der Waals surface area (Å²) in [6, 6.07) is 6.10. The van der Waals surface area contributed by atoms with Gasteiger partial charge in [0.2, 0.25) is 0 Å². The molecule has 1 aromatic carbocycles. The number of nitrogen functional groups attached to an aromatic ring is 1. The Morgan fingerprint density at radius 3 is 2.57 bits per heavy atom. The zero-order valence-corrected chi connectivity index (χ0v) is 11.4. The number of ether oxygens (including phenoxy) is 1. The number of nitrogens with zero attached hydrogens (tertiary/aromatic N) is 2. The second-order valence-corrected chi connectivity index (χ2v) is 4.29. The van der Waals surface area contributed by atoms with Gasteiger partial charge in [0.05, 0.1) is 18.4 Å². The molecule has 7 nitrogen and oxygen atoms in total. The van der Waals surface area contributed by atoms with Crippen LogP contribution >= 0.6 is 0 Å². The number of carbonyl (C=O) groups excluding carboxylic acids is 1. The van der Waals surface area contributed by atoms with Crippen LogP contribution in [0.15, 0.2) is 30.6 Å². The maximum absolute atomic E-state index is 11.4. The first-order valence-corrected chi connectivity index (χ1v) is 6.13. The summed E-state index contributed by atoms with van der Waals surface area (Å²) in [6.07, 6.45) is 2.45. The lowest BCUT2D eigenvalue weighted by Gasteiger charge is -2.11. The van der Waals surface area contributed by atoms with Gasteiger partial charge in [0.15, 0.2) is 0 Å². The van der Waals surface area contributed by atoms with Crippen LogP contribution in [0.25, 0.3) is 11.3 Å². The van der Waals surface area contributed by atoms with Crippen LogP contribution in [0.3, 0.4) is 0 Å². The van der Waals surface area contributed by atoms with Crippen LogP contribution in [-0.4, -0.2) is 29.3 Å². The molecule has 1 heterocycles. The summed E-state index contributed by atoms with van der Waals surface area (Å²) in [4.78, 5) is 19.4. The Hall–Kier alpha value is -2.80. The van der Waals surface area contributed by atoms with Gasteiger partial charge < -0.3 is 21.6 Å². The first-order valence-electron chi connectivity index (χ1n) is 6.13. The van der Waals surface area contributed by atoms with Gasteiger partial charge in [-0.05, 0) is 5.56 Å². The number of anilines is 1. The van der Waals surface area contributed by atoms with Crippen molar-refractivity contribution in [1.29, 1.82) is 5.41 Å². The molecule has 0 saturated carbocycles. The highest BCUT2D eigenvalue weighted by Crippen LogP contribution is 2.24. The molecule has 7 heteroatoms. The molecule has 0 aliphatic rings. The predicted octanol–water partition coefficient (Wildman–Crippen LogP) is 0.896. The van der Waals surface area contributed by atoms with Crippen LogP contribution in [0.5, 0.6) is 0 Å². The Bertz CT molecular complexity index is 670. The molecular weight excluding hydrogens is 270 g/mol. The Balaban J connectivity index is 2.38. The van der Waals surface area contributed by atoms with Gasteiger partial charge in [-0.25, -0.2) is 9.97 Å². The number of methoxy groups -OCH3 is 1. The van der Waals surface area contributed by atoms with E-state index in [2.05, 4.69) is 14.7 Å². The Kier molecular flexibility index (Phi) is 4.24. The van der Waals surface area contributed by atoms with E-state index in [1.807, 2.05) is 0 Å². The van der Waals surface area contributed by atoms with Crippen LogP contribution in [0.4, 0.5) is 5.82 Å². The van der Waals surface area contributed by atoms with E-state index in [1.54, 1.807) is 24.3 Å². The van der Waals surface area contributed by atoms with Crippen LogP contribution in [0, 0.1) is 5.41 Å². The highest BCUT2D eigenvalue weighted by Gasteiger charge is 2.16. The molecule has 0 amide bonds. The van der Waals surface area contributed by atoms with E-state index in [-0.39, 0.29) is 5.82 Å². The van der Waals surface area contributed by atoms with Crippen LogP contribution in [0.2, 0.25) is 0 Å². The molecule has 0 radical (unpaired) electrons. The highest BCUT2D eigenvalue weighted by atomic mass is 16.5. The number of aromatic nitrogens is 2. The topological polar surface area (TPSA) is 128 Å². The first kappa shape index (κ1) is 14.6. The second-order valence-electron chi connectivity index (χ2n) is 4.29. The van der Waals surface area contributed by atoms with Crippen molar-refractivity contribution in [3.63, 3.8) is 0 Å². The van der Waals surface area contributed by atoms with Crippen molar-refractivity contribution in [2.24, 2.45) is 5.73 Å². The van der Waals surface area contributed by atoms with Gasteiger partial charge in [-0.2, -0.15) is 0 Å². The van der Waals surface area contributed by atoms with E-state index in [1.165, 1.54) is 13.4 Å². The first-order chi connectivity index (χ1) is 10.1. The third-order valence-corrected chi connectivity index (χ3v) is 3.06. The molecule has 108 valence electrons. The van der Waals surface area contributed by atoms with Crippen molar-refractivity contribution < 1.29 is 9.53 Å². The van der Waals surface area contributed by atoms with E-state index in [9.17, 15) is 4.79 Å². The number of hydrogen-bond donors (Lipinski definition) is 3. The van der Waals surface area contributed by atoms with Gasteiger partial charge in [0, 0.05) is 11.8 Å². The predicted molar refractivity (Wildman–Crippen MR) is 78.7 cm³/mol. The average molecular weight is 285 g/mol. The largest absolute Gasteiger partial charge is 0.468 e. The summed E-state index contributed by atoms with van der Waals surface area (Å²) in [5.41, 5.74) is 13.9. The molecule has 0 aliphatic carbocycles. The summed E-state index contributed by atoms with van der Waals surface area (Å²) in [7, 11) is 1.29. The minimum Gasteiger partial charge on any atom is -0.468 e. The summed E-state index contributed by atoms with van der Waals surface area (Å²) < 4.78 is 4.60. The monoisotopic (exact) mass is 285 g/mol. The summed E-state index contributed by atoms with van der Waals surface area (Å²) in [5, 5.41) is 7.40. The molecule has 2 rings (SSSR count). The summed E-state index contributed by atoms with van der Waals surface area (Å²) >= 11 is 0. The third-order valence-electron chi connectivity index (χ3n) is 3.06. The fraction of sp³-hybridized carbons (Fsp3) is 0.143. The zero-order chi connectivity index (χ0) is 15.4. The molecule has 21 heavy (non-hydrogen) atoms. The SMILES string of the molecule is COC(=O)C(N)c1ccc(-c2ncnc(N)c2C=N)cc1. The standard InChI is InChI=1S/C14H15N5O2/c1-21-14(20)11(16)8-2-4-9(5-3-8)12-10(6-15)13(17)19-7-18-12/h2-7,11,15H,16H2,1H3,(H2,17,18,19).